The minimum absolute atomic E-state index is 1.46. The minimum atomic E-state index is 1.46. The van der Waals surface area contributed by atoms with E-state index < -0.39 is 0 Å². The quantitative estimate of drug-likeness (QED) is 0.221. The van der Waals surface area contributed by atoms with Crippen molar-refractivity contribution in [2.24, 2.45) is 0 Å². The number of rotatable bonds is 1. The van der Waals surface area contributed by atoms with Gasteiger partial charge in [-0.3, -0.25) is 0 Å². The molecule has 3 nitrogen and oxygen atoms in total. The molecule has 24 valence electrons. The van der Waals surface area contributed by atoms with E-state index in [0.29, 0.717) is 0 Å². The molecule has 0 amide bonds. The third kappa shape index (κ3) is 1.94. The summed E-state index contributed by atoms with van der Waals surface area (Å²) in [5.41, 5.74) is 0. The van der Waals surface area contributed by atoms with Crippen LogP contribution in [0.15, 0.2) is 0 Å². The van der Waals surface area contributed by atoms with E-state index >= 15 is 0 Å². The molecule has 0 radical (unpaired) electrons. The van der Waals surface area contributed by atoms with Gasteiger partial charge in [0.2, 0.25) is 7.98 Å². The van der Waals surface area contributed by atoms with E-state index in [1.807, 2.05) is 5.39 Å². The lowest BCUT2D eigenvalue weighted by Gasteiger charge is -1.77. The summed E-state index contributed by atoms with van der Waals surface area (Å²) in [7, 11) is 1.46. The standard InChI is InChI=1S/BH4NO2/c1-2-4-3/h2-3H,1H2. The van der Waals surface area contributed by atoms with Gasteiger partial charge in [0.05, 0.1) is 0 Å². The van der Waals surface area contributed by atoms with Crippen molar-refractivity contribution in [3.63, 3.8) is 0 Å². The first-order valence-electron chi connectivity index (χ1n) is 0.887. The molecule has 0 aromatic carbocycles. The predicted octanol–water partition coefficient (Wildman–Crippen LogP) is -1.47. The molecule has 0 aromatic rings. The summed E-state index contributed by atoms with van der Waals surface area (Å²) in [6.45, 7) is 0. The first-order valence-corrected chi connectivity index (χ1v) is 0.887. The molecule has 0 atom stereocenters. The van der Waals surface area contributed by atoms with Crippen LogP contribution < -0.4 is 5.39 Å². The van der Waals surface area contributed by atoms with Gasteiger partial charge in [-0.25, -0.2) is 10.6 Å². The second-order valence-corrected chi connectivity index (χ2v) is 0.295. The Labute approximate surface area is 24.9 Å². The Morgan fingerprint density at radius 1 is 2.00 bits per heavy atom. The Kier molecular flexibility index (Phi) is 2.90. The molecular weight excluding hydrogens is 56.8 g/mol. The molecule has 0 heterocycles. The summed E-state index contributed by atoms with van der Waals surface area (Å²) >= 11 is 0. The van der Waals surface area contributed by atoms with Gasteiger partial charge in [0.15, 0.2) is 0 Å². The summed E-state index contributed by atoms with van der Waals surface area (Å²) in [5.74, 6) is 0. The zero-order chi connectivity index (χ0) is 3.41. The van der Waals surface area contributed by atoms with E-state index in [2.05, 4.69) is 4.99 Å². The fraction of sp³-hybridized carbons (Fsp3) is 0. The van der Waals surface area contributed by atoms with Gasteiger partial charge in [-0.2, -0.15) is 4.99 Å². The molecule has 0 aliphatic heterocycles. The van der Waals surface area contributed by atoms with Gasteiger partial charge in [0, 0.05) is 0 Å². The van der Waals surface area contributed by atoms with Crippen LogP contribution in [0.5, 0.6) is 0 Å². The first kappa shape index (κ1) is 3.94. The van der Waals surface area contributed by atoms with Crippen LogP contribution >= 0.6 is 0 Å². The maximum atomic E-state index is 7.26. The van der Waals surface area contributed by atoms with Crippen LogP contribution in [-0.2, 0) is 4.99 Å². The van der Waals surface area contributed by atoms with Crippen LogP contribution in [0, 0.1) is 0 Å². The van der Waals surface area contributed by atoms with Crippen LogP contribution in [0.2, 0.25) is 0 Å². The fourth-order valence-electron chi connectivity index (χ4n) is 0. The van der Waals surface area contributed by atoms with Crippen LogP contribution in [0.4, 0.5) is 0 Å². The summed E-state index contributed by atoms with van der Waals surface area (Å²) < 4.78 is 0. The van der Waals surface area contributed by atoms with Crippen LogP contribution in [0.25, 0.3) is 0 Å². The van der Waals surface area contributed by atoms with Crippen LogP contribution in [0.3, 0.4) is 0 Å². The van der Waals surface area contributed by atoms with E-state index in [1.54, 1.807) is 0 Å². The van der Waals surface area contributed by atoms with Crippen molar-refractivity contribution >= 4 is 7.98 Å². The largest absolute Gasteiger partial charge is 0.234 e. The first-order chi connectivity index (χ1) is 1.91. The summed E-state index contributed by atoms with van der Waals surface area (Å²) in [6, 6.07) is 0. The smallest absolute Gasteiger partial charge is 0.220 e. The minimum Gasteiger partial charge on any atom is -0.234 e. The van der Waals surface area contributed by atoms with Gasteiger partial charge in [0.1, 0.15) is 0 Å². The highest BCUT2D eigenvalue weighted by Crippen LogP contribution is 1.29. The molecule has 0 aliphatic carbocycles. The highest BCUT2D eigenvalue weighted by atomic mass is 17.2. The van der Waals surface area contributed by atoms with Gasteiger partial charge in [-0.1, -0.05) is 0 Å². The third-order valence-electron chi connectivity index (χ3n) is 0.0913. The fourth-order valence-corrected chi connectivity index (χ4v) is 0. The van der Waals surface area contributed by atoms with Crippen LogP contribution in [0.1, 0.15) is 0 Å². The lowest BCUT2D eigenvalue weighted by Crippen LogP contribution is -2.03. The summed E-state index contributed by atoms with van der Waals surface area (Å²) in [5, 5.41) is 9.25. The molecule has 0 aliphatic rings. The van der Waals surface area contributed by atoms with E-state index in [-0.39, 0.29) is 0 Å². The Balaban J connectivity index is 1.97. The van der Waals surface area contributed by atoms with Gasteiger partial charge >= 0.3 is 0 Å². The van der Waals surface area contributed by atoms with Crippen LogP contribution in [-0.4, -0.2) is 13.2 Å². The second kappa shape index (κ2) is 2.94. The molecule has 0 spiro atoms. The number of hydrogen-bond donors (Lipinski definition) is 2. The van der Waals surface area contributed by atoms with Crippen molar-refractivity contribution in [1.82, 2.24) is 5.39 Å². The molecule has 0 aromatic heterocycles. The molecule has 4 heavy (non-hydrogen) atoms. The predicted molar refractivity (Wildman–Crippen MR) is 15.4 cm³/mol. The molecule has 0 saturated carbocycles. The average Bonchev–Trinajstić information content (AvgIpc) is 1.37. The van der Waals surface area contributed by atoms with Crippen molar-refractivity contribution in [3.8, 4) is 0 Å². The highest BCUT2D eigenvalue weighted by Gasteiger charge is 1.50. The van der Waals surface area contributed by atoms with Crippen molar-refractivity contribution in [2.45, 2.75) is 0 Å². The Morgan fingerprint density at radius 3 is 2.25 bits per heavy atom. The Hall–Kier alpha value is -0.0551. The molecule has 0 unspecified atom stereocenters. The number of hydrogen-bond acceptors (Lipinski definition) is 3. The maximum absolute atomic E-state index is 7.26. The lowest BCUT2D eigenvalue weighted by molar-refractivity contribution is -0.269. The van der Waals surface area contributed by atoms with Gasteiger partial charge in [0.25, 0.3) is 0 Å². The van der Waals surface area contributed by atoms with Crippen molar-refractivity contribution in [1.29, 1.82) is 0 Å². The lowest BCUT2D eigenvalue weighted by atomic mass is 10.5. The van der Waals surface area contributed by atoms with E-state index in [0.717, 1.165) is 0 Å². The molecule has 2 N–H and O–H groups in total. The van der Waals surface area contributed by atoms with Gasteiger partial charge in [-0.05, 0) is 0 Å². The molecular formula is H4BNO2. The zero-order valence-electron chi connectivity index (χ0n) is 2.36. The third-order valence-corrected chi connectivity index (χ3v) is 0.0913. The van der Waals surface area contributed by atoms with E-state index in [1.165, 1.54) is 7.98 Å². The Bertz CT molecular complexity index is 8.00. The van der Waals surface area contributed by atoms with Gasteiger partial charge in [-0.15, -0.1) is 0 Å². The Morgan fingerprint density at radius 2 is 2.25 bits per heavy atom. The van der Waals surface area contributed by atoms with Crippen molar-refractivity contribution < 1.29 is 10.2 Å². The van der Waals surface area contributed by atoms with E-state index in [4.69, 9.17) is 5.26 Å². The monoisotopic (exact) mass is 61.0 g/mol. The summed E-state index contributed by atoms with van der Waals surface area (Å²) in [4.78, 5) is 3.29. The van der Waals surface area contributed by atoms with Crippen molar-refractivity contribution in [2.75, 3.05) is 0 Å². The highest BCUT2D eigenvalue weighted by molar-refractivity contribution is 6.03. The second-order valence-electron chi connectivity index (χ2n) is 0.295. The SMILES string of the molecule is BNOO. The zero-order valence-corrected chi connectivity index (χ0v) is 2.36. The molecule has 0 bridgehead atoms. The van der Waals surface area contributed by atoms with Crippen molar-refractivity contribution in [3.05, 3.63) is 0 Å². The maximum Gasteiger partial charge on any atom is 0.220 e. The average molecular weight is 60.8 g/mol. The normalized spacial score (nSPS) is 7.25. The molecule has 0 saturated heterocycles. The summed E-state index contributed by atoms with van der Waals surface area (Å²) in [6.07, 6.45) is 0. The molecule has 4 heteroatoms. The molecule has 0 rings (SSSR count). The topological polar surface area (TPSA) is 41.5 Å². The molecule has 0 fully saturated rings. The van der Waals surface area contributed by atoms with E-state index in [9.17, 15) is 0 Å². The number of nitrogens with one attached hydrogen (secondary N) is 1. The van der Waals surface area contributed by atoms with Gasteiger partial charge < -0.3 is 0 Å².